The number of aromatic nitrogens is 2. The summed E-state index contributed by atoms with van der Waals surface area (Å²) >= 11 is 0. The maximum absolute atomic E-state index is 13.8. The molecule has 3 aliphatic heterocycles. The van der Waals surface area contributed by atoms with Gasteiger partial charge in [-0.1, -0.05) is 25.1 Å². The van der Waals surface area contributed by atoms with Crippen molar-refractivity contribution in [2.24, 2.45) is 11.8 Å². The Labute approximate surface area is 219 Å². The number of aryl methyl sites for hydroxylation is 1. The molecule has 0 spiro atoms. The topological polar surface area (TPSA) is 95.8 Å². The van der Waals surface area contributed by atoms with Gasteiger partial charge in [0.2, 0.25) is 21.8 Å². The molecule has 2 amide bonds. The largest absolute Gasteiger partial charge is 0.342 e. The number of amides is 2. The van der Waals surface area contributed by atoms with Crippen LogP contribution >= 0.6 is 0 Å². The first-order chi connectivity index (χ1) is 17.7. The summed E-state index contributed by atoms with van der Waals surface area (Å²) < 4.78 is 30.5. The molecule has 2 aromatic rings. The number of sulfonamides is 1. The third-order valence-electron chi connectivity index (χ3n) is 8.21. The number of fused-ring (bicyclic) bond motifs is 1. The standard InChI is InChI=1S/C27H37N5O4S/c1-19-10-14-29(15-11-19)27(34)23-8-6-13-30(17-23)37(35,36)26-20(2)28-32(21(26)3)18-25(33)31-16-12-22-7-4-5-9-24(22)31/h4-5,7,9,19,23H,6,8,10-18H2,1-3H3. The molecule has 37 heavy (non-hydrogen) atoms. The molecule has 0 radical (unpaired) electrons. The van der Waals surface area contributed by atoms with E-state index in [4.69, 9.17) is 0 Å². The third kappa shape index (κ3) is 4.93. The van der Waals surface area contributed by atoms with E-state index < -0.39 is 10.0 Å². The molecule has 1 atom stereocenters. The molecule has 5 rings (SSSR count). The van der Waals surface area contributed by atoms with E-state index in [1.54, 1.807) is 18.7 Å². The number of nitrogens with zero attached hydrogens (tertiary/aromatic N) is 5. The van der Waals surface area contributed by atoms with Crippen molar-refractivity contribution in [1.82, 2.24) is 19.0 Å². The molecule has 1 aromatic heterocycles. The molecule has 0 aliphatic carbocycles. The minimum Gasteiger partial charge on any atom is -0.342 e. The van der Waals surface area contributed by atoms with Crippen LogP contribution < -0.4 is 4.90 Å². The highest BCUT2D eigenvalue weighted by Crippen LogP contribution is 2.31. The van der Waals surface area contributed by atoms with Crippen molar-refractivity contribution in [1.29, 1.82) is 0 Å². The highest BCUT2D eigenvalue weighted by molar-refractivity contribution is 7.89. The molecular weight excluding hydrogens is 490 g/mol. The predicted molar refractivity (Wildman–Crippen MR) is 141 cm³/mol. The molecule has 0 bridgehead atoms. The Kier molecular flexibility index (Phi) is 7.15. The van der Waals surface area contributed by atoms with Gasteiger partial charge in [-0.25, -0.2) is 8.42 Å². The Hall–Kier alpha value is -2.72. The van der Waals surface area contributed by atoms with Crippen LogP contribution in [0.3, 0.4) is 0 Å². The highest BCUT2D eigenvalue weighted by Gasteiger charge is 2.38. The number of rotatable bonds is 5. The van der Waals surface area contributed by atoms with Crippen LogP contribution in [-0.4, -0.2) is 71.9 Å². The lowest BCUT2D eigenvalue weighted by molar-refractivity contribution is -0.138. The fourth-order valence-corrected chi connectivity index (χ4v) is 7.89. The van der Waals surface area contributed by atoms with Gasteiger partial charge < -0.3 is 9.80 Å². The van der Waals surface area contributed by atoms with Gasteiger partial charge in [0, 0.05) is 38.4 Å². The Morgan fingerprint density at radius 1 is 1.03 bits per heavy atom. The quantitative estimate of drug-likeness (QED) is 0.596. The lowest BCUT2D eigenvalue weighted by Gasteiger charge is -2.36. The van der Waals surface area contributed by atoms with Crippen LogP contribution in [0.4, 0.5) is 5.69 Å². The minimum atomic E-state index is -3.86. The molecule has 2 fully saturated rings. The van der Waals surface area contributed by atoms with Gasteiger partial charge in [-0.15, -0.1) is 0 Å². The van der Waals surface area contributed by atoms with Crippen LogP contribution in [0.1, 0.15) is 49.6 Å². The number of piperidine rings is 2. The molecule has 200 valence electrons. The van der Waals surface area contributed by atoms with E-state index in [2.05, 4.69) is 12.0 Å². The number of hydrogen-bond donors (Lipinski definition) is 0. The molecule has 9 nitrogen and oxygen atoms in total. The second kappa shape index (κ2) is 10.2. The molecule has 2 saturated heterocycles. The van der Waals surface area contributed by atoms with Crippen molar-refractivity contribution in [3.05, 3.63) is 41.2 Å². The first-order valence-corrected chi connectivity index (χ1v) is 14.8. The van der Waals surface area contributed by atoms with Gasteiger partial charge in [-0.3, -0.25) is 14.3 Å². The maximum atomic E-state index is 13.8. The van der Waals surface area contributed by atoms with Gasteiger partial charge >= 0.3 is 0 Å². The van der Waals surface area contributed by atoms with Crippen LogP contribution in [0, 0.1) is 25.7 Å². The van der Waals surface area contributed by atoms with Gasteiger partial charge in [0.05, 0.1) is 17.3 Å². The monoisotopic (exact) mass is 527 g/mol. The van der Waals surface area contributed by atoms with Crippen molar-refractivity contribution in [3.63, 3.8) is 0 Å². The van der Waals surface area contributed by atoms with Crippen molar-refractivity contribution >= 4 is 27.5 Å². The van der Waals surface area contributed by atoms with E-state index in [0.717, 1.165) is 43.6 Å². The summed E-state index contributed by atoms with van der Waals surface area (Å²) in [6.45, 7) is 8.27. The van der Waals surface area contributed by atoms with E-state index in [9.17, 15) is 18.0 Å². The molecular formula is C27H37N5O4S. The fraction of sp³-hybridized carbons (Fsp3) is 0.593. The number of carbonyl (C=O) groups is 2. The highest BCUT2D eigenvalue weighted by atomic mass is 32.2. The molecule has 3 aliphatic rings. The van der Waals surface area contributed by atoms with Crippen LogP contribution in [0.15, 0.2) is 29.2 Å². The normalized spacial score (nSPS) is 21.3. The van der Waals surface area contributed by atoms with E-state index >= 15 is 0 Å². The minimum absolute atomic E-state index is 0.0228. The van der Waals surface area contributed by atoms with Crippen LogP contribution in [0.25, 0.3) is 0 Å². The fourth-order valence-electron chi connectivity index (χ4n) is 6.00. The maximum Gasteiger partial charge on any atom is 0.248 e. The van der Waals surface area contributed by atoms with Crippen LogP contribution in [0.5, 0.6) is 0 Å². The number of para-hydroxylation sites is 1. The van der Waals surface area contributed by atoms with Crippen molar-refractivity contribution in [2.75, 3.05) is 37.6 Å². The van der Waals surface area contributed by atoms with E-state index in [0.29, 0.717) is 43.2 Å². The second-order valence-corrected chi connectivity index (χ2v) is 12.7. The first kappa shape index (κ1) is 25.9. The van der Waals surface area contributed by atoms with E-state index in [1.165, 1.54) is 8.99 Å². The zero-order valence-corrected chi connectivity index (χ0v) is 22.8. The van der Waals surface area contributed by atoms with Crippen LogP contribution in [-0.2, 0) is 32.6 Å². The van der Waals surface area contributed by atoms with Gasteiger partial charge in [0.15, 0.2) is 0 Å². The average molecular weight is 528 g/mol. The first-order valence-electron chi connectivity index (χ1n) is 13.4. The zero-order chi connectivity index (χ0) is 26.3. The summed E-state index contributed by atoms with van der Waals surface area (Å²) in [5.41, 5.74) is 2.89. The lowest BCUT2D eigenvalue weighted by atomic mass is 9.94. The van der Waals surface area contributed by atoms with Gasteiger partial charge in [-0.05, 0) is 63.5 Å². The second-order valence-electron chi connectivity index (χ2n) is 10.8. The van der Waals surface area contributed by atoms with Crippen molar-refractivity contribution in [3.8, 4) is 0 Å². The Bertz CT molecular complexity index is 1300. The van der Waals surface area contributed by atoms with E-state index in [-0.39, 0.29) is 35.7 Å². The molecule has 4 heterocycles. The Balaban J connectivity index is 1.31. The summed E-state index contributed by atoms with van der Waals surface area (Å²) in [7, 11) is -3.86. The lowest BCUT2D eigenvalue weighted by Crippen LogP contribution is -2.48. The summed E-state index contributed by atoms with van der Waals surface area (Å²) in [4.78, 5) is 30.2. The number of anilines is 1. The van der Waals surface area contributed by atoms with Gasteiger partial charge in [0.25, 0.3) is 0 Å². The molecule has 1 aromatic carbocycles. The van der Waals surface area contributed by atoms with Crippen LogP contribution in [0.2, 0.25) is 0 Å². The van der Waals surface area contributed by atoms with Crippen molar-refractivity contribution in [2.45, 2.75) is 64.3 Å². The summed E-state index contributed by atoms with van der Waals surface area (Å²) in [6.07, 6.45) is 4.17. The molecule has 10 heteroatoms. The van der Waals surface area contributed by atoms with Crippen molar-refractivity contribution < 1.29 is 18.0 Å². The number of benzene rings is 1. The summed E-state index contributed by atoms with van der Waals surface area (Å²) in [5.74, 6) is 0.276. The molecule has 1 unspecified atom stereocenters. The van der Waals surface area contributed by atoms with Gasteiger partial charge in [0.1, 0.15) is 11.4 Å². The zero-order valence-electron chi connectivity index (χ0n) is 22.0. The SMILES string of the molecule is Cc1nn(CC(=O)N2CCc3ccccc32)c(C)c1S(=O)(=O)N1CCCC(C(=O)N2CCC(C)CC2)C1. The number of carbonyl (C=O) groups excluding carboxylic acids is 2. The Morgan fingerprint density at radius 2 is 1.76 bits per heavy atom. The predicted octanol–water partition coefficient (Wildman–Crippen LogP) is 2.75. The Morgan fingerprint density at radius 3 is 2.51 bits per heavy atom. The summed E-state index contributed by atoms with van der Waals surface area (Å²) in [5, 5.41) is 4.46. The molecule has 0 N–H and O–H groups in total. The molecule has 0 saturated carbocycles. The average Bonchev–Trinajstić information content (AvgIpc) is 3.44. The number of likely N-dealkylation sites (tertiary alicyclic amines) is 1. The van der Waals surface area contributed by atoms with E-state index in [1.807, 2.05) is 29.2 Å². The third-order valence-corrected chi connectivity index (χ3v) is 10.3. The smallest absolute Gasteiger partial charge is 0.248 e. The number of hydrogen-bond acceptors (Lipinski definition) is 5. The van der Waals surface area contributed by atoms with Gasteiger partial charge in [-0.2, -0.15) is 9.40 Å². The summed E-state index contributed by atoms with van der Waals surface area (Å²) in [6, 6.07) is 7.85.